The average Bonchev–Trinajstić information content (AvgIpc) is 2.78. The van der Waals surface area contributed by atoms with E-state index >= 15 is 0 Å². The molecule has 3 heteroatoms. The maximum Gasteiger partial charge on any atom is 0.0716 e. The molecule has 1 aliphatic heterocycles. The van der Waals surface area contributed by atoms with Crippen LogP contribution in [0.25, 0.3) is 0 Å². The lowest BCUT2D eigenvalue weighted by Gasteiger charge is -2.14. The van der Waals surface area contributed by atoms with Gasteiger partial charge >= 0.3 is 0 Å². The fraction of sp³-hybridized carbons (Fsp3) is 0.600. The Balaban J connectivity index is 1.79. The summed E-state index contributed by atoms with van der Waals surface area (Å²) < 4.78 is 11.0. The molecule has 0 saturated carbocycles. The number of benzene rings is 1. The van der Waals surface area contributed by atoms with Crippen molar-refractivity contribution in [3.63, 3.8) is 0 Å². The lowest BCUT2D eigenvalue weighted by Crippen LogP contribution is -2.26. The van der Waals surface area contributed by atoms with Crippen LogP contribution >= 0.6 is 0 Å². The van der Waals surface area contributed by atoms with Crippen molar-refractivity contribution >= 4 is 0 Å². The molecule has 100 valence electrons. The van der Waals surface area contributed by atoms with Gasteiger partial charge in [0, 0.05) is 20.2 Å². The van der Waals surface area contributed by atoms with Gasteiger partial charge in [-0.25, -0.2) is 0 Å². The number of methoxy groups -OCH3 is 1. The molecule has 2 unspecified atom stereocenters. The summed E-state index contributed by atoms with van der Waals surface area (Å²) in [4.78, 5) is 0. The average molecular weight is 249 g/mol. The van der Waals surface area contributed by atoms with Crippen LogP contribution in [0, 0.1) is 0 Å². The molecule has 3 nitrogen and oxygen atoms in total. The van der Waals surface area contributed by atoms with Gasteiger partial charge in [-0.3, -0.25) is 0 Å². The van der Waals surface area contributed by atoms with Crippen LogP contribution in [0.1, 0.15) is 30.9 Å². The molecule has 1 saturated heterocycles. The Bertz CT molecular complexity index is 367. The molecule has 1 fully saturated rings. The van der Waals surface area contributed by atoms with Gasteiger partial charge in [-0.2, -0.15) is 0 Å². The molecular formula is C15H23NO2. The molecule has 1 aliphatic rings. The smallest absolute Gasteiger partial charge is 0.0716 e. The zero-order chi connectivity index (χ0) is 12.8. The highest BCUT2D eigenvalue weighted by atomic mass is 16.5. The van der Waals surface area contributed by atoms with E-state index in [1.165, 1.54) is 24.0 Å². The number of nitrogens with one attached hydrogen (secondary N) is 1. The van der Waals surface area contributed by atoms with Crippen LogP contribution < -0.4 is 5.32 Å². The van der Waals surface area contributed by atoms with E-state index in [1.807, 2.05) is 0 Å². The second kappa shape index (κ2) is 6.88. The van der Waals surface area contributed by atoms with E-state index in [0.717, 1.165) is 13.1 Å². The third-order valence-corrected chi connectivity index (χ3v) is 3.43. The summed E-state index contributed by atoms with van der Waals surface area (Å²) in [7, 11) is 1.73. The Kier molecular flexibility index (Phi) is 5.17. The first-order chi connectivity index (χ1) is 8.79. The van der Waals surface area contributed by atoms with Crippen LogP contribution in [0.15, 0.2) is 24.3 Å². The molecule has 0 radical (unpaired) electrons. The van der Waals surface area contributed by atoms with Crippen molar-refractivity contribution in [1.29, 1.82) is 0 Å². The second-order valence-electron chi connectivity index (χ2n) is 4.98. The largest absolute Gasteiger partial charge is 0.380 e. The third-order valence-electron chi connectivity index (χ3n) is 3.43. The predicted molar refractivity (Wildman–Crippen MR) is 72.4 cm³/mol. The number of hydrogen-bond donors (Lipinski definition) is 1. The third kappa shape index (κ3) is 3.80. The molecule has 0 aliphatic carbocycles. The van der Waals surface area contributed by atoms with Gasteiger partial charge in [0.05, 0.1) is 18.8 Å². The molecule has 1 aromatic rings. The quantitative estimate of drug-likeness (QED) is 0.840. The number of ether oxygens (including phenoxy) is 2. The van der Waals surface area contributed by atoms with Crippen LogP contribution in [-0.2, 0) is 22.6 Å². The summed E-state index contributed by atoms with van der Waals surface area (Å²) in [6.07, 6.45) is 3.17. The molecule has 2 rings (SSSR count). The van der Waals surface area contributed by atoms with E-state index in [9.17, 15) is 0 Å². The van der Waals surface area contributed by atoms with Crippen molar-refractivity contribution in [2.75, 3.05) is 13.7 Å². The van der Waals surface area contributed by atoms with Crippen LogP contribution in [0.2, 0.25) is 0 Å². The van der Waals surface area contributed by atoms with Gasteiger partial charge in [-0.05, 0) is 30.9 Å². The summed E-state index contributed by atoms with van der Waals surface area (Å²) in [5.74, 6) is 0. The molecule has 0 bridgehead atoms. The number of hydrogen-bond acceptors (Lipinski definition) is 3. The Labute approximate surface area is 109 Å². The van der Waals surface area contributed by atoms with Crippen LogP contribution in [0.3, 0.4) is 0 Å². The van der Waals surface area contributed by atoms with E-state index in [1.54, 1.807) is 7.11 Å². The molecule has 0 spiro atoms. The van der Waals surface area contributed by atoms with Crippen molar-refractivity contribution in [2.24, 2.45) is 0 Å². The molecule has 2 atom stereocenters. The predicted octanol–water partition coefficient (Wildman–Crippen LogP) is 2.49. The van der Waals surface area contributed by atoms with Gasteiger partial charge in [-0.15, -0.1) is 0 Å². The Hall–Kier alpha value is -0.900. The maximum absolute atomic E-state index is 5.79. The van der Waals surface area contributed by atoms with Crippen molar-refractivity contribution in [3.8, 4) is 0 Å². The molecular weight excluding hydrogens is 226 g/mol. The standard InChI is InChI=1S/C15H23NO2/c1-12-7-8-15(18-12)10-16-9-13-5-3-4-6-14(13)11-17-2/h3-6,12,15-16H,7-11H2,1-2H3. The number of rotatable bonds is 6. The fourth-order valence-electron chi connectivity index (χ4n) is 2.43. The zero-order valence-corrected chi connectivity index (χ0v) is 11.3. The maximum atomic E-state index is 5.79. The van der Waals surface area contributed by atoms with E-state index in [2.05, 4.69) is 36.5 Å². The zero-order valence-electron chi connectivity index (χ0n) is 11.3. The van der Waals surface area contributed by atoms with Crippen molar-refractivity contribution in [2.45, 2.75) is 45.1 Å². The van der Waals surface area contributed by atoms with Gasteiger partial charge in [0.25, 0.3) is 0 Å². The minimum atomic E-state index is 0.384. The summed E-state index contributed by atoms with van der Waals surface area (Å²) in [5.41, 5.74) is 2.57. The van der Waals surface area contributed by atoms with Crippen LogP contribution in [-0.4, -0.2) is 25.9 Å². The molecule has 18 heavy (non-hydrogen) atoms. The van der Waals surface area contributed by atoms with Crippen LogP contribution in [0.4, 0.5) is 0 Å². The van der Waals surface area contributed by atoms with Crippen LogP contribution in [0.5, 0.6) is 0 Å². The highest BCUT2D eigenvalue weighted by Gasteiger charge is 2.20. The fourth-order valence-corrected chi connectivity index (χ4v) is 2.43. The van der Waals surface area contributed by atoms with E-state index in [4.69, 9.17) is 9.47 Å². The first-order valence-corrected chi connectivity index (χ1v) is 6.71. The molecule has 1 heterocycles. The molecule has 0 aromatic heterocycles. The van der Waals surface area contributed by atoms with Crippen molar-refractivity contribution in [1.82, 2.24) is 5.32 Å². The van der Waals surface area contributed by atoms with Gasteiger partial charge in [0.15, 0.2) is 0 Å². The minimum absolute atomic E-state index is 0.384. The van der Waals surface area contributed by atoms with E-state index in [0.29, 0.717) is 18.8 Å². The lowest BCUT2D eigenvalue weighted by atomic mass is 10.1. The summed E-state index contributed by atoms with van der Waals surface area (Å²) in [6, 6.07) is 8.40. The SMILES string of the molecule is COCc1ccccc1CNCC1CCC(C)O1. The monoisotopic (exact) mass is 249 g/mol. The molecule has 0 amide bonds. The van der Waals surface area contributed by atoms with E-state index in [-0.39, 0.29) is 0 Å². The van der Waals surface area contributed by atoms with Crippen molar-refractivity contribution < 1.29 is 9.47 Å². The first kappa shape index (κ1) is 13.5. The minimum Gasteiger partial charge on any atom is -0.380 e. The molecule has 1 aromatic carbocycles. The van der Waals surface area contributed by atoms with Crippen molar-refractivity contribution in [3.05, 3.63) is 35.4 Å². The molecule has 1 N–H and O–H groups in total. The van der Waals surface area contributed by atoms with Gasteiger partial charge in [-0.1, -0.05) is 24.3 Å². The summed E-state index contributed by atoms with van der Waals surface area (Å²) in [5, 5.41) is 3.48. The Morgan fingerprint density at radius 1 is 1.28 bits per heavy atom. The van der Waals surface area contributed by atoms with E-state index < -0.39 is 0 Å². The lowest BCUT2D eigenvalue weighted by molar-refractivity contribution is 0.0558. The highest BCUT2D eigenvalue weighted by Crippen LogP contribution is 2.18. The normalized spacial score (nSPS) is 23.4. The Morgan fingerprint density at radius 2 is 2.06 bits per heavy atom. The second-order valence-corrected chi connectivity index (χ2v) is 4.98. The summed E-state index contributed by atoms with van der Waals surface area (Å²) in [6.45, 7) is 4.64. The van der Waals surface area contributed by atoms with Gasteiger partial charge in [0.1, 0.15) is 0 Å². The first-order valence-electron chi connectivity index (χ1n) is 6.71. The van der Waals surface area contributed by atoms with Gasteiger partial charge in [0.2, 0.25) is 0 Å². The summed E-state index contributed by atoms with van der Waals surface area (Å²) >= 11 is 0. The Morgan fingerprint density at radius 3 is 2.72 bits per heavy atom. The highest BCUT2D eigenvalue weighted by molar-refractivity contribution is 5.26. The van der Waals surface area contributed by atoms with Gasteiger partial charge < -0.3 is 14.8 Å². The topological polar surface area (TPSA) is 30.5 Å².